The number of piperazine rings is 1. The number of halogens is 1. The van der Waals surface area contributed by atoms with Crippen molar-refractivity contribution in [1.29, 1.82) is 0 Å². The summed E-state index contributed by atoms with van der Waals surface area (Å²) in [4.78, 5) is 28.8. The Balaban J connectivity index is 1.44. The van der Waals surface area contributed by atoms with E-state index in [1.165, 1.54) is 27.1 Å². The number of aryl methyl sites for hydroxylation is 1. The highest BCUT2D eigenvalue weighted by molar-refractivity contribution is 7.89. The van der Waals surface area contributed by atoms with Gasteiger partial charge in [0.15, 0.2) is 0 Å². The summed E-state index contributed by atoms with van der Waals surface area (Å²) < 4.78 is 41.6. The van der Waals surface area contributed by atoms with Gasteiger partial charge in [0.25, 0.3) is 5.91 Å². The van der Waals surface area contributed by atoms with Crippen molar-refractivity contribution in [3.63, 3.8) is 0 Å². The van der Waals surface area contributed by atoms with Crippen molar-refractivity contribution in [3.8, 4) is 5.69 Å². The lowest BCUT2D eigenvalue weighted by molar-refractivity contribution is 0.0698. The van der Waals surface area contributed by atoms with E-state index in [-0.39, 0.29) is 42.7 Å². The number of nitrogens with zero attached hydrogens (tertiary/aromatic N) is 3. The number of aromatic nitrogens is 2. The molecule has 2 heterocycles. The van der Waals surface area contributed by atoms with Gasteiger partial charge in [0.1, 0.15) is 5.82 Å². The van der Waals surface area contributed by atoms with Crippen LogP contribution in [0.15, 0.2) is 64.4 Å². The summed E-state index contributed by atoms with van der Waals surface area (Å²) >= 11 is 0. The van der Waals surface area contributed by atoms with Crippen molar-refractivity contribution in [1.82, 2.24) is 18.8 Å². The summed E-state index contributed by atoms with van der Waals surface area (Å²) in [5.74, 6) is -0.831. The molecular weight excluding hydrogens is 423 g/mol. The average molecular weight is 444 g/mol. The van der Waals surface area contributed by atoms with E-state index in [9.17, 15) is 22.4 Å². The normalized spacial score (nSPS) is 15.2. The zero-order valence-corrected chi connectivity index (χ0v) is 17.6. The van der Waals surface area contributed by atoms with E-state index in [2.05, 4.69) is 4.98 Å². The van der Waals surface area contributed by atoms with Crippen LogP contribution in [0.3, 0.4) is 0 Å². The Morgan fingerprint density at radius 3 is 2.29 bits per heavy atom. The van der Waals surface area contributed by atoms with E-state index in [0.29, 0.717) is 11.3 Å². The molecule has 4 rings (SSSR count). The van der Waals surface area contributed by atoms with E-state index >= 15 is 0 Å². The number of imidazole rings is 1. The summed E-state index contributed by atoms with van der Waals surface area (Å²) in [7, 11) is -3.82. The van der Waals surface area contributed by atoms with Gasteiger partial charge >= 0.3 is 5.69 Å². The van der Waals surface area contributed by atoms with Gasteiger partial charge in [-0.2, -0.15) is 4.31 Å². The first-order valence-electron chi connectivity index (χ1n) is 9.70. The molecule has 2 aromatic carbocycles. The third-order valence-electron chi connectivity index (χ3n) is 5.29. The Morgan fingerprint density at radius 2 is 1.71 bits per heavy atom. The van der Waals surface area contributed by atoms with Crippen molar-refractivity contribution in [2.45, 2.75) is 11.8 Å². The second kappa shape index (κ2) is 8.12. The average Bonchev–Trinajstić information content (AvgIpc) is 3.11. The van der Waals surface area contributed by atoms with Crippen LogP contribution in [-0.2, 0) is 10.0 Å². The Kier molecular flexibility index (Phi) is 5.50. The maximum absolute atomic E-state index is 13.4. The third kappa shape index (κ3) is 4.04. The van der Waals surface area contributed by atoms with Crippen LogP contribution in [-0.4, -0.2) is 59.3 Å². The van der Waals surface area contributed by atoms with E-state index in [1.54, 1.807) is 42.3 Å². The largest absolute Gasteiger partial charge is 0.336 e. The second-order valence-corrected chi connectivity index (χ2v) is 9.21. The maximum atomic E-state index is 13.4. The minimum absolute atomic E-state index is 0.0989. The minimum atomic E-state index is -3.82. The van der Waals surface area contributed by atoms with Gasteiger partial charge in [-0.25, -0.2) is 17.6 Å². The molecule has 1 saturated heterocycles. The van der Waals surface area contributed by atoms with E-state index < -0.39 is 15.8 Å². The predicted molar refractivity (Wildman–Crippen MR) is 112 cm³/mol. The fourth-order valence-electron chi connectivity index (χ4n) is 3.62. The molecule has 1 N–H and O–H groups in total. The molecule has 3 aromatic rings. The number of amides is 1. The number of nitrogens with one attached hydrogen (secondary N) is 1. The molecule has 0 bridgehead atoms. The first kappa shape index (κ1) is 21.0. The van der Waals surface area contributed by atoms with Gasteiger partial charge in [0.2, 0.25) is 10.0 Å². The van der Waals surface area contributed by atoms with Gasteiger partial charge in [0.05, 0.1) is 10.6 Å². The molecule has 1 fully saturated rings. The minimum Gasteiger partial charge on any atom is -0.336 e. The van der Waals surface area contributed by atoms with E-state index in [4.69, 9.17) is 0 Å². The number of H-pyrrole nitrogens is 1. The standard InChI is InChI=1S/C21H21FN4O4S/c1-15-14-23-21(28)26(15)18-7-5-16(6-8-18)20(27)24-9-11-25(12-10-24)31(29,30)19-4-2-3-17(22)13-19/h2-8,13-14H,9-12H2,1H3,(H,23,28). The molecule has 0 unspecified atom stereocenters. The topological polar surface area (TPSA) is 95.5 Å². The highest BCUT2D eigenvalue weighted by atomic mass is 32.2. The number of hydrogen-bond acceptors (Lipinski definition) is 4. The zero-order chi connectivity index (χ0) is 22.2. The van der Waals surface area contributed by atoms with Crippen molar-refractivity contribution in [2.24, 2.45) is 0 Å². The molecule has 0 atom stereocenters. The lowest BCUT2D eigenvalue weighted by atomic mass is 10.1. The van der Waals surface area contributed by atoms with Crippen molar-refractivity contribution >= 4 is 15.9 Å². The van der Waals surface area contributed by atoms with Crippen LogP contribution in [0.25, 0.3) is 5.69 Å². The highest BCUT2D eigenvalue weighted by Crippen LogP contribution is 2.20. The molecule has 0 radical (unpaired) electrons. The molecule has 0 spiro atoms. The number of sulfonamides is 1. The molecule has 8 nitrogen and oxygen atoms in total. The first-order valence-corrected chi connectivity index (χ1v) is 11.1. The first-order chi connectivity index (χ1) is 14.8. The molecule has 1 aromatic heterocycles. The fraction of sp³-hybridized carbons (Fsp3) is 0.238. The smallest absolute Gasteiger partial charge is 0.330 e. The molecule has 0 saturated carbocycles. The van der Waals surface area contributed by atoms with Crippen molar-refractivity contribution in [3.05, 3.63) is 82.3 Å². The highest BCUT2D eigenvalue weighted by Gasteiger charge is 2.30. The van der Waals surface area contributed by atoms with Crippen molar-refractivity contribution < 1.29 is 17.6 Å². The summed E-state index contributed by atoms with van der Waals surface area (Å²) in [6.45, 7) is 2.51. The number of aromatic amines is 1. The van der Waals surface area contributed by atoms with Gasteiger partial charge in [-0.3, -0.25) is 9.36 Å². The number of rotatable bonds is 4. The molecule has 31 heavy (non-hydrogen) atoms. The number of hydrogen-bond donors (Lipinski definition) is 1. The van der Waals surface area contributed by atoms with E-state index in [1.807, 2.05) is 0 Å². The fourth-order valence-corrected chi connectivity index (χ4v) is 5.07. The van der Waals surface area contributed by atoms with Crippen LogP contribution in [0.5, 0.6) is 0 Å². The molecule has 0 aliphatic carbocycles. The molecule has 10 heteroatoms. The lowest BCUT2D eigenvalue weighted by Crippen LogP contribution is -2.50. The summed E-state index contributed by atoms with van der Waals surface area (Å²) in [6, 6.07) is 11.6. The Labute approximate surface area is 178 Å². The number of carbonyl (C=O) groups is 1. The van der Waals surface area contributed by atoms with Crippen LogP contribution in [0.2, 0.25) is 0 Å². The number of carbonyl (C=O) groups excluding carboxylic acids is 1. The van der Waals surface area contributed by atoms with Gasteiger partial charge < -0.3 is 9.88 Å². The van der Waals surface area contributed by atoms with Crippen molar-refractivity contribution in [2.75, 3.05) is 26.2 Å². The Morgan fingerprint density at radius 1 is 1.03 bits per heavy atom. The second-order valence-electron chi connectivity index (χ2n) is 7.27. The number of benzene rings is 2. The lowest BCUT2D eigenvalue weighted by Gasteiger charge is -2.34. The van der Waals surface area contributed by atoms with Gasteiger partial charge in [-0.15, -0.1) is 0 Å². The summed E-state index contributed by atoms with van der Waals surface area (Å²) in [5.41, 5.74) is 1.59. The van der Waals surface area contributed by atoms with Crippen LogP contribution in [0.4, 0.5) is 4.39 Å². The van der Waals surface area contributed by atoms with Gasteiger partial charge in [0, 0.05) is 43.6 Å². The van der Waals surface area contributed by atoms with E-state index in [0.717, 1.165) is 11.8 Å². The summed E-state index contributed by atoms with van der Waals surface area (Å²) in [5, 5.41) is 0. The maximum Gasteiger partial charge on any atom is 0.330 e. The Hall–Kier alpha value is -3.24. The van der Waals surface area contributed by atoms with Crippen LogP contribution < -0.4 is 5.69 Å². The molecular formula is C21H21FN4O4S. The van der Waals surface area contributed by atoms with Gasteiger partial charge in [-0.05, 0) is 49.4 Å². The molecule has 1 aliphatic heterocycles. The van der Waals surface area contributed by atoms with Gasteiger partial charge in [-0.1, -0.05) is 6.07 Å². The summed E-state index contributed by atoms with van der Waals surface area (Å²) in [6.07, 6.45) is 1.61. The predicted octanol–water partition coefficient (Wildman–Crippen LogP) is 1.76. The molecule has 1 aliphatic rings. The Bertz CT molecular complexity index is 1270. The SMILES string of the molecule is Cc1c[nH]c(=O)n1-c1ccc(C(=O)N2CCN(S(=O)(=O)c3cccc(F)c3)CC2)cc1. The van der Waals surface area contributed by atoms with Crippen LogP contribution >= 0.6 is 0 Å². The molecule has 162 valence electrons. The van der Waals surface area contributed by atoms with Crippen LogP contribution in [0, 0.1) is 12.7 Å². The van der Waals surface area contributed by atoms with Crippen LogP contribution in [0.1, 0.15) is 16.1 Å². The monoisotopic (exact) mass is 444 g/mol. The third-order valence-corrected chi connectivity index (χ3v) is 7.19. The zero-order valence-electron chi connectivity index (χ0n) is 16.8. The molecule has 1 amide bonds. The quantitative estimate of drug-likeness (QED) is 0.663.